The summed E-state index contributed by atoms with van der Waals surface area (Å²) in [5.74, 6) is -0.727. The van der Waals surface area contributed by atoms with Gasteiger partial charge in [0.25, 0.3) is 0 Å². The smallest absolute Gasteiger partial charge is 0.305 e. The molecule has 0 bridgehead atoms. The molecule has 1 heterocycles. The SMILES string of the molecule is O=C(O)CC(c1cccc2ccccc12)N1CCCC1. The average Bonchev–Trinajstić information content (AvgIpc) is 2.98. The first-order valence-electron chi connectivity index (χ1n) is 7.19. The minimum absolute atomic E-state index is 0.0129. The first kappa shape index (κ1) is 13.1. The molecule has 1 saturated heterocycles. The largest absolute Gasteiger partial charge is 0.481 e. The Kier molecular flexibility index (Phi) is 3.70. The summed E-state index contributed by atoms with van der Waals surface area (Å²) in [5.41, 5.74) is 1.15. The first-order chi connectivity index (χ1) is 9.75. The van der Waals surface area contributed by atoms with Crippen LogP contribution in [0.2, 0.25) is 0 Å². The standard InChI is InChI=1S/C17H19NO2/c19-17(20)12-16(18-10-3-4-11-18)15-9-5-7-13-6-1-2-8-14(13)15/h1-2,5-9,16H,3-4,10-12H2,(H,19,20). The lowest BCUT2D eigenvalue weighted by atomic mass is 9.96. The van der Waals surface area contributed by atoms with E-state index in [0.717, 1.165) is 18.7 Å². The van der Waals surface area contributed by atoms with Gasteiger partial charge in [-0.05, 0) is 42.3 Å². The molecule has 3 nitrogen and oxygen atoms in total. The highest BCUT2D eigenvalue weighted by Gasteiger charge is 2.26. The Balaban J connectivity index is 2.05. The van der Waals surface area contributed by atoms with E-state index in [1.54, 1.807) is 0 Å². The highest BCUT2D eigenvalue weighted by Crippen LogP contribution is 2.32. The van der Waals surface area contributed by atoms with Gasteiger partial charge in [0.1, 0.15) is 0 Å². The van der Waals surface area contributed by atoms with Crippen LogP contribution in [0.5, 0.6) is 0 Å². The van der Waals surface area contributed by atoms with Gasteiger partial charge in [0.05, 0.1) is 6.42 Å². The van der Waals surface area contributed by atoms with Crippen LogP contribution in [-0.4, -0.2) is 29.1 Å². The van der Waals surface area contributed by atoms with E-state index in [4.69, 9.17) is 0 Å². The Labute approximate surface area is 118 Å². The van der Waals surface area contributed by atoms with Gasteiger partial charge in [0.15, 0.2) is 0 Å². The van der Waals surface area contributed by atoms with Crippen molar-refractivity contribution in [2.45, 2.75) is 25.3 Å². The maximum atomic E-state index is 11.2. The second kappa shape index (κ2) is 5.63. The highest BCUT2D eigenvalue weighted by molar-refractivity contribution is 5.86. The molecule has 20 heavy (non-hydrogen) atoms. The molecule has 0 radical (unpaired) electrons. The number of hydrogen-bond donors (Lipinski definition) is 1. The van der Waals surface area contributed by atoms with E-state index in [2.05, 4.69) is 29.2 Å². The molecule has 104 valence electrons. The van der Waals surface area contributed by atoms with Gasteiger partial charge in [0, 0.05) is 6.04 Å². The van der Waals surface area contributed by atoms with Crippen LogP contribution in [0.25, 0.3) is 10.8 Å². The molecule has 1 aliphatic rings. The maximum absolute atomic E-state index is 11.2. The summed E-state index contributed by atoms with van der Waals surface area (Å²) in [6.45, 7) is 2.00. The summed E-state index contributed by atoms with van der Waals surface area (Å²) in [6, 6.07) is 14.4. The van der Waals surface area contributed by atoms with Crippen molar-refractivity contribution in [1.29, 1.82) is 0 Å². The quantitative estimate of drug-likeness (QED) is 0.924. The van der Waals surface area contributed by atoms with Gasteiger partial charge < -0.3 is 5.11 Å². The Bertz CT molecular complexity index is 612. The predicted molar refractivity (Wildman–Crippen MR) is 79.7 cm³/mol. The molecular weight excluding hydrogens is 250 g/mol. The summed E-state index contributed by atoms with van der Waals surface area (Å²) in [6.07, 6.45) is 2.51. The van der Waals surface area contributed by atoms with E-state index in [1.807, 2.05) is 18.2 Å². The van der Waals surface area contributed by atoms with Crippen molar-refractivity contribution in [3.05, 3.63) is 48.0 Å². The van der Waals surface area contributed by atoms with Crippen molar-refractivity contribution in [2.24, 2.45) is 0 Å². The number of carboxylic acids is 1. The van der Waals surface area contributed by atoms with Crippen molar-refractivity contribution in [3.63, 3.8) is 0 Å². The molecule has 1 fully saturated rings. The van der Waals surface area contributed by atoms with Crippen molar-refractivity contribution in [1.82, 2.24) is 4.90 Å². The monoisotopic (exact) mass is 269 g/mol. The van der Waals surface area contributed by atoms with Crippen molar-refractivity contribution >= 4 is 16.7 Å². The molecule has 1 unspecified atom stereocenters. The molecule has 0 amide bonds. The summed E-state index contributed by atoms with van der Waals surface area (Å²) in [7, 11) is 0. The van der Waals surface area contributed by atoms with Gasteiger partial charge in [-0.2, -0.15) is 0 Å². The Morgan fingerprint density at radius 2 is 1.80 bits per heavy atom. The van der Waals surface area contributed by atoms with E-state index >= 15 is 0 Å². The molecule has 0 aromatic heterocycles. The van der Waals surface area contributed by atoms with E-state index in [-0.39, 0.29) is 12.5 Å². The van der Waals surface area contributed by atoms with Crippen LogP contribution >= 0.6 is 0 Å². The predicted octanol–water partition coefficient (Wildman–Crippen LogP) is 3.45. The lowest BCUT2D eigenvalue weighted by Crippen LogP contribution is -2.27. The minimum atomic E-state index is -0.727. The number of aliphatic carboxylic acids is 1. The van der Waals surface area contributed by atoms with Gasteiger partial charge in [-0.15, -0.1) is 0 Å². The van der Waals surface area contributed by atoms with E-state index in [9.17, 15) is 9.90 Å². The van der Waals surface area contributed by atoms with Crippen molar-refractivity contribution in [2.75, 3.05) is 13.1 Å². The minimum Gasteiger partial charge on any atom is -0.481 e. The topological polar surface area (TPSA) is 40.5 Å². The zero-order chi connectivity index (χ0) is 13.9. The van der Waals surface area contributed by atoms with Crippen molar-refractivity contribution in [3.8, 4) is 0 Å². The van der Waals surface area contributed by atoms with Crippen LogP contribution in [0.1, 0.15) is 30.9 Å². The lowest BCUT2D eigenvalue weighted by molar-refractivity contribution is -0.138. The van der Waals surface area contributed by atoms with E-state index in [1.165, 1.54) is 23.6 Å². The second-order valence-corrected chi connectivity index (χ2v) is 5.43. The summed E-state index contributed by atoms with van der Waals surface area (Å²) >= 11 is 0. The van der Waals surface area contributed by atoms with Gasteiger partial charge in [0.2, 0.25) is 0 Å². The van der Waals surface area contributed by atoms with Crippen LogP contribution < -0.4 is 0 Å². The number of likely N-dealkylation sites (tertiary alicyclic amines) is 1. The molecule has 2 aromatic rings. The molecule has 0 saturated carbocycles. The van der Waals surface area contributed by atoms with Crippen LogP contribution in [0.4, 0.5) is 0 Å². The lowest BCUT2D eigenvalue weighted by Gasteiger charge is -2.27. The zero-order valence-electron chi connectivity index (χ0n) is 11.5. The Morgan fingerprint density at radius 3 is 2.55 bits per heavy atom. The number of nitrogens with zero attached hydrogens (tertiary/aromatic N) is 1. The fraction of sp³-hybridized carbons (Fsp3) is 0.353. The van der Waals surface area contributed by atoms with Crippen LogP contribution in [0.3, 0.4) is 0 Å². The molecule has 1 N–H and O–H groups in total. The molecule has 2 aromatic carbocycles. The molecule has 3 rings (SSSR count). The van der Waals surface area contributed by atoms with Gasteiger partial charge in [-0.25, -0.2) is 0 Å². The van der Waals surface area contributed by atoms with E-state index in [0.29, 0.717) is 0 Å². The normalized spacial score (nSPS) is 17.4. The fourth-order valence-corrected chi connectivity index (χ4v) is 3.20. The number of fused-ring (bicyclic) bond motifs is 1. The Morgan fingerprint density at radius 1 is 1.10 bits per heavy atom. The summed E-state index contributed by atoms with van der Waals surface area (Å²) in [5, 5.41) is 11.6. The Hall–Kier alpha value is -1.87. The number of benzene rings is 2. The second-order valence-electron chi connectivity index (χ2n) is 5.43. The number of carboxylic acid groups (broad SMARTS) is 1. The van der Waals surface area contributed by atoms with Crippen LogP contribution in [0, 0.1) is 0 Å². The van der Waals surface area contributed by atoms with Crippen LogP contribution in [0.15, 0.2) is 42.5 Å². The summed E-state index contributed by atoms with van der Waals surface area (Å²) in [4.78, 5) is 13.6. The average molecular weight is 269 g/mol. The maximum Gasteiger partial charge on any atom is 0.305 e. The first-order valence-corrected chi connectivity index (χ1v) is 7.19. The number of hydrogen-bond acceptors (Lipinski definition) is 2. The van der Waals surface area contributed by atoms with E-state index < -0.39 is 5.97 Å². The summed E-state index contributed by atoms with van der Waals surface area (Å²) < 4.78 is 0. The van der Waals surface area contributed by atoms with Gasteiger partial charge in [-0.3, -0.25) is 9.69 Å². The van der Waals surface area contributed by atoms with Gasteiger partial charge >= 0.3 is 5.97 Å². The van der Waals surface area contributed by atoms with Crippen LogP contribution in [-0.2, 0) is 4.79 Å². The molecule has 3 heteroatoms. The number of rotatable bonds is 4. The molecule has 1 atom stereocenters. The molecular formula is C17H19NO2. The third-order valence-electron chi connectivity index (χ3n) is 4.13. The van der Waals surface area contributed by atoms with Gasteiger partial charge in [-0.1, -0.05) is 42.5 Å². The number of carbonyl (C=O) groups is 1. The molecule has 0 aliphatic carbocycles. The van der Waals surface area contributed by atoms with Crippen molar-refractivity contribution < 1.29 is 9.90 Å². The third-order valence-corrected chi connectivity index (χ3v) is 4.13. The molecule has 1 aliphatic heterocycles. The third kappa shape index (κ3) is 2.54. The molecule has 0 spiro atoms. The zero-order valence-corrected chi connectivity index (χ0v) is 11.5. The highest BCUT2D eigenvalue weighted by atomic mass is 16.4. The fourth-order valence-electron chi connectivity index (χ4n) is 3.20.